The van der Waals surface area contributed by atoms with Crippen molar-refractivity contribution in [3.63, 3.8) is 0 Å². The lowest BCUT2D eigenvalue weighted by Crippen LogP contribution is -2.45. The number of hydrogen-bond donors (Lipinski definition) is 3. The zero-order valence-corrected chi connectivity index (χ0v) is 21.9. The molecule has 1 fully saturated rings. The summed E-state index contributed by atoms with van der Waals surface area (Å²) in [5.41, 5.74) is 1.32. The number of halogens is 1. The number of guanidine groups is 1. The molecule has 8 heteroatoms. The highest BCUT2D eigenvalue weighted by Gasteiger charge is 2.28. The molecule has 0 spiro atoms. The average molecular weight is 543 g/mol. The van der Waals surface area contributed by atoms with Gasteiger partial charge in [-0.3, -0.25) is 9.59 Å². The maximum atomic E-state index is 12.4. The van der Waals surface area contributed by atoms with E-state index in [1.165, 1.54) is 0 Å². The summed E-state index contributed by atoms with van der Waals surface area (Å²) in [6.45, 7) is 14.5. The van der Waals surface area contributed by atoms with Gasteiger partial charge in [0.25, 0.3) is 5.91 Å². The third kappa shape index (κ3) is 9.04. The van der Waals surface area contributed by atoms with Crippen LogP contribution >= 0.6 is 24.0 Å². The highest BCUT2D eigenvalue weighted by molar-refractivity contribution is 14.0. The molecule has 1 aliphatic heterocycles. The summed E-state index contributed by atoms with van der Waals surface area (Å²) in [4.78, 5) is 31.2. The van der Waals surface area contributed by atoms with E-state index in [2.05, 4.69) is 20.9 Å². The lowest BCUT2D eigenvalue weighted by atomic mass is 10.1. The van der Waals surface area contributed by atoms with Crippen LogP contribution in [0.2, 0.25) is 0 Å². The van der Waals surface area contributed by atoms with Gasteiger partial charge in [-0.15, -0.1) is 24.0 Å². The molecule has 1 aromatic rings. The zero-order chi connectivity index (χ0) is 22.3. The summed E-state index contributed by atoms with van der Waals surface area (Å²) in [6.07, 6.45) is 0.908. The van der Waals surface area contributed by atoms with Crippen LogP contribution < -0.4 is 16.0 Å². The Kier molecular flexibility index (Phi) is 10.8. The molecule has 0 aromatic heterocycles. The second-order valence-corrected chi connectivity index (χ2v) is 9.17. The highest BCUT2D eigenvalue weighted by atomic mass is 127. The predicted octanol–water partition coefficient (Wildman–Crippen LogP) is 3.14. The Labute approximate surface area is 203 Å². The van der Waals surface area contributed by atoms with Crippen molar-refractivity contribution in [3.05, 3.63) is 35.4 Å². The number of aliphatic imine (C=N–C) groups is 1. The molecule has 2 rings (SSSR count). The van der Waals surface area contributed by atoms with Crippen molar-refractivity contribution >= 4 is 41.8 Å². The van der Waals surface area contributed by atoms with Crippen molar-refractivity contribution in [2.24, 2.45) is 10.9 Å². The van der Waals surface area contributed by atoms with E-state index in [4.69, 9.17) is 0 Å². The van der Waals surface area contributed by atoms with Crippen LogP contribution in [0.5, 0.6) is 0 Å². The smallest absolute Gasteiger partial charge is 0.251 e. The number of benzene rings is 1. The molecule has 0 aliphatic carbocycles. The van der Waals surface area contributed by atoms with Crippen LogP contribution in [-0.4, -0.2) is 53.9 Å². The molecular weight excluding hydrogens is 505 g/mol. The second-order valence-electron chi connectivity index (χ2n) is 9.17. The lowest BCUT2D eigenvalue weighted by Gasteiger charge is -2.21. The van der Waals surface area contributed by atoms with E-state index in [9.17, 15) is 9.59 Å². The van der Waals surface area contributed by atoms with Crippen LogP contribution in [0.15, 0.2) is 29.3 Å². The van der Waals surface area contributed by atoms with E-state index in [0.717, 1.165) is 31.0 Å². The van der Waals surface area contributed by atoms with Crippen LogP contribution in [0.25, 0.3) is 0 Å². The molecule has 0 bridgehead atoms. The molecule has 31 heavy (non-hydrogen) atoms. The minimum absolute atomic E-state index is 0. The largest absolute Gasteiger partial charge is 0.357 e. The molecule has 2 amide bonds. The lowest BCUT2D eigenvalue weighted by molar-refractivity contribution is -0.133. The quantitative estimate of drug-likeness (QED) is 0.293. The predicted molar refractivity (Wildman–Crippen MR) is 137 cm³/mol. The molecule has 174 valence electrons. The molecule has 0 radical (unpaired) electrons. The van der Waals surface area contributed by atoms with Crippen molar-refractivity contribution in [1.29, 1.82) is 0 Å². The van der Waals surface area contributed by atoms with Gasteiger partial charge in [-0.2, -0.15) is 0 Å². The van der Waals surface area contributed by atoms with Crippen LogP contribution in [0.1, 0.15) is 63.9 Å². The Hall–Kier alpha value is -1.84. The molecular formula is C23H38IN5O2. The topological polar surface area (TPSA) is 85.8 Å². The number of rotatable bonds is 6. The van der Waals surface area contributed by atoms with Crippen LogP contribution in [0, 0.1) is 5.92 Å². The zero-order valence-electron chi connectivity index (χ0n) is 19.6. The standard InChI is InChI=1S/C23H37N5O2.HI/c1-7-24-22(26-19-11-12-28(15-19)21(30)16(2)3)25-14-17-9-8-10-18(13-17)20(29)27-23(4,5)6;/h8-10,13,16,19H,7,11-12,14-15H2,1-6H3,(H,27,29)(H2,24,25,26);1H. The van der Waals surface area contributed by atoms with Crippen molar-refractivity contribution in [1.82, 2.24) is 20.9 Å². The SMILES string of the molecule is CCNC(=NCc1cccc(C(=O)NC(C)(C)C)c1)NC1CCN(C(=O)C(C)C)C1.I. The molecule has 1 aromatic carbocycles. The van der Waals surface area contributed by atoms with Crippen molar-refractivity contribution in [3.8, 4) is 0 Å². The van der Waals surface area contributed by atoms with Gasteiger partial charge in [0.1, 0.15) is 0 Å². The van der Waals surface area contributed by atoms with Gasteiger partial charge in [0.15, 0.2) is 5.96 Å². The van der Waals surface area contributed by atoms with Gasteiger partial charge >= 0.3 is 0 Å². The van der Waals surface area contributed by atoms with E-state index in [1.807, 2.05) is 70.7 Å². The number of nitrogens with zero attached hydrogens (tertiary/aromatic N) is 2. The number of nitrogens with one attached hydrogen (secondary N) is 3. The molecule has 1 atom stereocenters. The number of likely N-dealkylation sites (tertiary alicyclic amines) is 1. The van der Waals surface area contributed by atoms with Crippen molar-refractivity contribution in [2.45, 2.75) is 66.1 Å². The summed E-state index contributed by atoms with van der Waals surface area (Å²) in [7, 11) is 0. The van der Waals surface area contributed by atoms with Gasteiger partial charge in [0.05, 0.1) is 6.54 Å². The Bertz CT molecular complexity index is 773. The molecule has 1 aliphatic rings. The van der Waals surface area contributed by atoms with E-state index >= 15 is 0 Å². The summed E-state index contributed by atoms with van der Waals surface area (Å²) < 4.78 is 0. The second kappa shape index (κ2) is 12.3. The first-order valence-electron chi connectivity index (χ1n) is 10.8. The molecule has 1 unspecified atom stereocenters. The molecule has 1 saturated heterocycles. The monoisotopic (exact) mass is 543 g/mol. The van der Waals surface area contributed by atoms with Gasteiger partial charge in [0, 0.05) is 42.7 Å². The van der Waals surface area contributed by atoms with Crippen LogP contribution in [-0.2, 0) is 11.3 Å². The minimum atomic E-state index is -0.278. The molecule has 1 heterocycles. The third-order valence-corrected chi connectivity index (χ3v) is 4.78. The number of amides is 2. The number of carbonyl (C=O) groups is 2. The minimum Gasteiger partial charge on any atom is -0.357 e. The van der Waals surface area contributed by atoms with Gasteiger partial charge < -0.3 is 20.9 Å². The fourth-order valence-electron chi connectivity index (χ4n) is 3.35. The summed E-state index contributed by atoms with van der Waals surface area (Å²) in [6, 6.07) is 7.74. The first-order chi connectivity index (χ1) is 14.1. The van der Waals surface area contributed by atoms with Crippen LogP contribution in [0.4, 0.5) is 0 Å². The normalized spacial score (nSPS) is 16.7. The molecule has 3 N–H and O–H groups in total. The fourth-order valence-corrected chi connectivity index (χ4v) is 3.35. The van der Waals surface area contributed by atoms with Gasteiger partial charge in [-0.25, -0.2) is 4.99 Å². The average Bonchev–Trinajstić information content (AvgIpc) is 3.13. The summed E-state index contributed by atoms with van der Waals surface area (Å²) in [5.74, 6) is 0.866. The van der Waals surface area contributed by atoms with Gasteiger partial charge in [0.2, 0.25) is 5.91 Å². The highest BCUT2D eigenvalue weighted by Crippen LogP contribution is 2.13. The van der Waals surface area contributed by atoms with Crippen molar-refractivity contribution in [2.75, 3.05) is 19.6 Å². The van der Waals surface area contributed by atoms with E-state index in [0.29, 0.717) is 18.7 Å². The summed E-state index contributed by atoms with van der Waals surface area (Å²) >= 11 is 0. The Balaban J connectivity index is 0.00000480. The maximum Gasteiger partial charge on any atom is 0.251 e. The number of hydrogen-bond acceptors (Lipinski definition) is 3. The first kappa shape index (κ1) is 27.2. The maximum absolute atomic E-state index is 12.4. The first-order valence-corrected chi connectivity index (χ1v) is 10.8. The third-order valence-electron chi connectivity index (χ3n) is 4.78. The Morgan fingerprint density at radius 3 is 2.58 bits per heavy atom. The van der Waals surface area contributed by atoms with Crippen LogP contribution in [0.3, 0.4) is 0 Å². The molecule has 7 nitrogen and oxygen atoms in total. The van der Waals surface area contributed by atoms with Crippen molar-refractivity contribution < 1.29 is 9.59 Å². The van der Waals surface area contributed by atoms with E-state index in [-0.39, 0.29) is 53.3 Å². The fraction of sp³-hybridized carbons (Fsp3) is 0.609. The Morgan fingerprint density at radius 1 is 1.26 bits per heavy atom. The Morgan fingerprint density at radius 2 is 1.97 bits per heavy atom. The van der Waals surface area contributed by atoms with Gasteiger partial charge in [-0.1, -0.05) is 26.0 Å². The summed E-state index contributed by atoms with van der Waals surface area (Å²) in [5, 5.41) is 9.70. The van der Waals surface area contributed by atoms with E-state index < -0.39 is 0 Å². The van der Waals surface area contributed by atoms with E-state index in [1.54, 1.807) is 0 Å². The number of carbonyl (C=O) groups excluding carboxylic acids is 2. The molecule has 0 saturated carbocycles. The van der Waals surface area contributed by atoms with Gasteiger partial charge in [-0.05, 0) is 51.8 Å².